The SMILES string of the molecule is COc1ccc(C(C)NC(=O)C(C)Oc2ccc(C)cc2)c(OC)c1. The highest BCUT2D eigenvalue weighted by Crippen LogP contribution is 2.29. The van der Waals surface area contributed by atoms with Gasteiger partial charge in [-0.2, -0.15) is 0 Å². The summed E-state index contributed by atoms with van der Waals surface area (Å²) in [6, 6.07) is 12.9. The quantitative estimate of drug-likeness (QED) is 0.834. The summed E-state index contributed by atoms with van der Waals surface area (Å²) in [7, 11) is 3.19. The van der Waals surface area contributed by atoms with Crippen molar-refractivity contribution in [3.8, 4) is 17.2 Å². The van der Waals surface area contributed by atoms with Crippen molar-refractivity contribution in [2.75, 3.05) is 14.2 Å². The molecule has 0 aliphatic heterocycles. The number of nitrogens with one attached hydrogen (secondary N) is 1. The van der Waals surface area contributed by atoms with Gasteiger partial charge in [-0.25, -0.2) is 0 Å². The summed E-state index contributed by atoms with van der Waals surface area (Å²) >= 11 is 0. The number of carbonyl (C=O) groups excluding carboxylic acids is 1. The molecule has 0 saturated carbocycles. The van der Waals surface area contributed by atoms with Crippen molar-refractivity contribution in [2.24, 2.45) is 0 Å². The number of carbonyl (C=O) groups is 1. The summed E-state index contributed by atoms with van der Waals surface area (Å²) < 4.78 is 16.3. The molecule has 2 unspecified atom stereocenters. The zero-order valence-corrected chi connectivity index (χ0v) is 15.3. The van der Waals surface area contributed by atoms with Gasteiger partial charge in [0, 0.05) is 11.6 Å². The number of hydrogen-bond acceptors (Lipinski definition) is 4. The second-order valence-electron chi connectivity index (χ2n) is 5.91. The van der Waals surface area contributed by atoms with Gasteiger partial charge < -0.3 is 19.5 Å². The molecule has 0 fully saturated rings. The van der Waals surface area contributed by atoms with E-state index in [1.165, 1.54) is 0 Å². The van der Waals surface area contributed by atoms with Gasteiger partial charge in [0.2, 0.25) is 0 Å². The van der Waals surface area contributed by atoms with E-state index in [1.807, 2.05) is 50.2 Å². The van der Waals surface area contributed by atoms with Crippen molar-refractivity contribution in [2.45, 2.75) is 32.9 Å². The molecule has 0 bridgehead atoms. The third kappa shape index (κ3) is 4.89. The van der Waals surface area contributed by atoms with E-state index in [9.17, 15) is 4.79 Å². The van der Waals surface area contributed by atoms with Crippen molar-refractivity contribution in [1.29, 1.82) is 0 Å². The predicted molar refractivity (Wildman–Crippen MR) is 97.4 cm³/mol. The first-order valence-corrected chi connectivity index (χ1v) is 8.20. The second-order valence-corrected chi connectivity index (χ2v) is 5.91. The largest absolute Gasteiger partial charge is 0.497 e. The zero-order valence-electron chi connectivity index (χ0n) is 15.3. The van der Waals surface area contributed by atoms with Crippen molar-refractivity contribution in [3.05, 3.63) is 53.6 Å². The number of benzene rings is 2. The number of ether oxygens (including phenoxy) is 3. The molecule has 0 aromatic heterocycles. The van der Waals surface area contributed by atoms with Gasteiger partial charge in [0.15, 0.2) is 6.10 Å². The second kappa shape index (κ2) is 8.42. The van der Waals surface area contributed by atoms with Crippen LogP contribution in [0.4, 0.5) is 0 Å². The molecule has 2 aromatic rings. The molecule has 0 heterocycles. The van der Waals surface area contributed by atoms with Gasteiger partial charge in [-0.15, -0.1) is 0 Å². The highest BCUT2D eigenvalue weighted by Gasteiger charge is 2.20. The molecule has 1 amide bonds. The van der Waals surface area contributed by atoms with E-state index in [0.29, 0.717) is 17.2 Å². The molecule has 0 aliphatic rings. The lowest BCUT2D eigenvalue weighted by atomic mass is 10.1. The minimum absolute atomic E-state index is 0.189. The van der Waals surface area contributed by atoms with Gasteiger partial charge in [0.05, 0.1) is 20.3 Å². The van der Waals surface area contributed by atoms with Crippen molar-refractivity contribution < 1.29 is 19.0 Å². The molecular formula is C20H25NO4. The van der Waals surface area contributed by atoms with Crippen LogP contribution in [0.5, 0.6) is 17.2 Å². The molecule has 0 saturated heterocycles. The Morgan fingerprint density at radius 3 is 2.20 bits per heavy atom. The Kier molecular flexibility index (Phi) is 6.28. The van der Waals surface area contributed by atoms with Crippen molar-refractivity contribution >= 4 is 5.91 Å². The minimum atomic E-state index is -0.602. The Labute approximate surface area is 148 Å². The zero-order chi connectivity index (χ0) is 18.4. The molecule has 2 atom stereocenters. The number of methoxy groups -OCH3 is 2. The fraction of sp³-hybridized carbons (Fsp3) is 0.350. The van der Waals surface area contributed by atoms with Crippen LogP contribution >= 0.6 is 0 Å². The van der Waals surface area contributed by atoms with E-state index in [-0.39, 0.29) is 11.9 Å². The summed E-state index contributed by atoms with van der Waals surface area (Å²) in [6.07, 6.45) is -0.602. The van der Waals surface area contributed by atoms with Gasteiger partial charge in [0.25, 0.3) is 5.91 Å². The van der Waals surface area contributed by atoms with Crippen LogP contribution in [0.3, 0.4) is 0 Å². The van der Waals surface area contributed by atoms with Crippen molar-refractivity contribution in [3.63, 3.8) is 0 Å². The van der Waals surface area contributed by atoms with Crippen LogP contribution in [0, 0.1) is 6.92 Å². The molecule has 0 radical (unpaired) electrons. The number of amides is 1. The Hall–Kier alpha value is -2.69. The van der Waals surface area contributed by atoms with Crippen molar-refractivity contribution in [1.82, 2.24) is 5.32 Å². The minimum Gasteiger partial charge on any atom is -0.497 e. The number of aryl methyl sites for hydroxylation is 1. The molecule has 0 aliphatic carbocycles. The normalized spacial score (nSPS) is 12.8. The lowest BCUT2D eigenvalue weighted by Gasteiger charge is -2.21. The van der Waals surface area contributed by atoms with Gasteiger partial charge in [-0.05, 0) is 45.0 Å². The molecule has 2 aromatic carbocycles. The van der Waals surface area contributed by atoms with E-state index in [2.05, 4.69) is 5.32 Å². The maximum atomic E-state index is 12.4. The fourth-order valence-electron chi connectivity index (χ4n) is 2.46. The van der Waals surface area contributed by atoms with Gasteiger partial charge >= 0.3 is 0 Å². The maximum Gasteiger partial charge on any atom is 0.261 e. The third-order valence-corrected chi connectivity index (χ3v) is 3.97. The molecule has 2 rings (SSSR count). The van der Waals surface area contributed by atoms with Gasteiger partial charge in [-0.3, -0.25) is 4.79 Å². The van der Waals surface area contributed by atoms with Gasteiger partial charge in [-0.1, -0.05) is 17.7 Å². The molecule has 1 N–H and O–H groups in total. The maximum absolute atomic E-state index is 12.4. The molecule has 134 valence electrons. The first kappa shape index (κ1) is 18.6. The fourth-order valence-corrected chi connectivity index (χ4v) is 2.46. The van der Waals surface area contributed by atoms with E-state index >= 15 is 0 Å². The highest BCUT2D eigenvalue weighted by molar-refractivity contribution is 5.81. The molecule has 0 spiro atoms. The highest BCUT2D eigenvalue weighted by atomic mass is 16.5. The van der Waals surface area contributed by atoms with Crippen LogP contribution < -0.4 is 19.5 Å². The monoisotopic (exact) mass is 343 g/mol. The number of hydrogen-bond donors (Lipinski definition) is 1. The van der Waals surface area contributed by atoms with E-state index in [4.69, 9.17) is 14.2 Å². The van der Waals surface area contributed by atoms with E-state index in [1.54, 1.807) is 27.2 Å². The summed E-state index contributed by atoms with van der Waals surface area (Å²) in [5.41, 5.74) is 2.02. The van der Waals surface area contributed by atoms with E-state index < -0.39 is 6.10 Å². The van der Waals surface area contributed by atoms with Crippen LogP contribution in [-0.2, 0) is 4.79 Å². The Balaban J connectivity index is 2.02. The standard InChI is InChI=1S/C20H25NO4/c1-13-6-8-16(9-7-13)25-15(3)20(22)21-14(2)18-11-10-17(23-4)12-19(18)24-5/h6-12,14-15H,1-5H3,(H,21,22). The first-order chi connectivity index (χ1) is 11.9. The summed E-state index contributed by atoms with van der Waals surface area (Å²) in [5.74, 6) is 1.85. The molecular weight excluding hydrogens is 318 g/mol. The Morgan fingerprint density at radius 1 is 0.960 bits per heavy atom. The predicted octanol–water partition coefficient (Wildman–Crippen LogP) is 3.66. The van der Waals surface area contributed by atoms with E-state index in [0.717, 1.165) is 11.1 Å². The molecule has 5 nitrogen and oxygen atoms in total. The van der Waals surface area contributed by atoms with Crippen LogP contribution in [0.15, 0.2) is 42.5 Å². The third-order valence-electron chi connectivity index (χ3n) is 3.97. The molecule has 5 heteroatoms. The summed E-state index contributed by atoms with van der Waals surface area (Å²) in [4.78, 5) is 12.4. The van der Waals surface area contributed by atoms with Gasteiger partial charge in [0.1, 0.15) is 17.2 Å². The Bertz CT molecular complexity index is 712. The Morgan fingerprint density at radius 2 is 1.60 bits per heavy atom. The average molecular weight is 343 g/mol. The topological polar surface area (TPSA) is 56.8 Å². The van der Waals surface area contributed by atoms with Crippen LogP contribution in [0.2, 0.25) is 0 Å². The van der Waals surface area contributed by atoms with Crippen LogP contribution in [-0.4, -0.2) is 26.2 Å². The lowest BCUT2D eigenvalue weighted by Crippen LogP contribution is -2.37. The molecule has 25 heavy (non-hydrogen) atoms. The van der Waals surface area contributed by atoms with Crippen LogP contribution in [0.1, 0.15) is 31.0 Å². The number of rotatable bonds is 7. The van der Waals surface area contributed by atoms with Crippen LogP contribution in [0.25, 0.3) is 0 Å². The summed E-state index contributed by atoms with van der Waals surface area (Å²) in [5, 5.41) is 2.96. The smallest absolute Gasteiger partial charge is 0.261 e. The average Bonchev–Trinajstić information content (AvgIpc) is 2.62. The summed E-state index contributed by atoms with van der Waals surface area (Å²) in [6.45, 7) is 5.64. The lowest BCUT2D eigenvalue weighted by molar-refractivity contribution is -0.127. The first-order valence-electron chi connectivity index (χ1n) is 8.20.